The molecule has 0 bridgehead atoms. The lowest BCUT2D eigenvalue weighted by molar-refractivity contribution is -0.156. The number of aliphatic carboxylic acids is 2. The van der Waals surface area contributed by atoms with Crippen LogP contribution in [-0.4, -0.2) is 33.0 Å². The van der Waals surface area contributed by atoms with E-state index in [9.17, 15) is 27.6 Å². The molecule has 0 spiro atoms. The van der Waals surface area contributed by atoms with Crippen molar-refractivity contribution in [3.63, 3.8) is 0 Å². The molecule has 2 N–H and O–H groups in total. The Morgan fingerprint density at radius 3 is 1.78 bits per heavy atom. The van der Waals surface area contributed by atoms with Crippen LogP contribution >= 0.6 is 0 Å². The van der Waals surface area contributed by atoms with Gasteiger partial charge in [0.15, 0.2) is 0 Å². The van der Waals surface area contributed by atoms with E-state index < -0.39 is 29.6 Å². The highest BCUT2D eigenvalue weighted by Crippen LogP contribution is 2.29. The SMILES string of the molecule is O=C(O)CCCCCCCCC#Cc1ccc(CN(Cc2ccc(C(F)(F)F)cc2)C(=O)C(=O)O)cc1. The molecule has 0 aliphatic heterocycles. The number of rotatable bonds is 12. The molecule has 0 fully saturated rings. The monoisotopic (exact) mass is 517 g/mol. The maximum Gasteiger partial charge on any atom is 0.416 e. The fourth-order valence-electron chi connectivity index (χ4n) is 3.63. The third kappa shape index (κ3) is 11.2. The fraction of sp³-hybridized carbons (Fsp3) is 0.393. The van der Waals surface area contributed by atoms with Crippen molar-refractivity contribution < 1.29 is 37.8 Å². The van der Waals surface area contributed by atoms with Gasteiger partial charge in [-0.3, -0.25) is 9.59 Å². The van der Waals surface area contributed by atoms with Gasteiger partial charge in [-0.25, -0.2) is 4.79 Å². The molecular weight excluding hydrogens is 487 g/mol. The molecule has 1 amide bonds. The van der Waals surface area contributed by atoms with Gasteiger partial charge in [0.1, 0.15) is 0 Å². The predicted molar refractivity (Wildman–Crippen MR) is 131 cm³/mol. The number of hydrogen-bond acceptors (Lipinski definition) is 3. The van der Waals surface area contributed by atoms with Crippen molar-refractivity contribution in [3.05, 3.63) is 70.8 Å². The maximum absolute atomic E-state index is 12.8. The van der Waals surface area contributed by atoms with Gasteiger partial charge in [-0.05, 0) is 48.2 Å². The largest absolute Gasteiger partial charge is 0.481 e. The smallest absolute Gasteiger partial charge is 0.416 e. The number of carboxylic acids is 2. The third-order valence-corrected chi connectivity index (χ3v) is 5.63. The van der Waals surface area contributed by atoms with Crippen LogP contribution < -0.4 is 0 Å². The van der Waals surface area contributed by atoms with Crippen LogP contribution in [0.15, 0.2) is 48.5 Å². The first-order valence-corrected chi connectivity index (χ1v) is 12.0. The number of carbonyl (C=O) groups is 3. The number of halogens is 3. The number of carboxylic acid groups (broad SMARTS) is 2. The molecule has 0 saturated carbocycles. The normalized spacial score (nSPS) is 10.9. The van der Waals surface area contributed by atoms with Crippen molar-refractivity contribution >= 4 is 17.8 Å². The third-order valence-electron chi connectivity index (χ3n) is 5.63. The van der Waals surface area contributed by atoms with Crippen LogP contribution in [0, 0.1) is 11.8 Å². The molecule has 37 heavy (non-hydrogen) atoms. The van der Waals surface area contributed by atoms with E-state index in [1.165, 1.54) is 12.1 Å². The maximum atomic E-state index is 12.8. The Hall–Kier alpha value is -3.80. The van der Waals surface area contributed by atoms with E-state index in [-0.39, 0.29) is 19.5 Å². The molecule has 0 aromatic heterocycles. The number of carbonyl (C=O) groups excluding carboxylic acids is 1. The van der Waals surface area contributed by atoms with Gasteiger partial charge < -0.3 is 15.1 Å². The molecule has 2 aromatic rings. The zero-order valence-electron chi connectivity index (χ0n) is 20.4. The van der Waals surface area contributed by atoms with Crippen LogP contribution in [0.1, 0.15) is 73.6 Å². The number of alkyl halides is 3. The first kappa shape index (κ1) is 29.4. The lowest BCUT2D eigenvalue weighted by atomic mass is 10.1. The van der Waals surface area contributed by atoms with Gasteiger partial charge in [-0.2, -0.15) is 13.2 Å². The van der Waals surface area contributed by atoms with E-state index in [0.717, 1.165) is 61.1 Å². The number of nitrogens with zero attached hydrogens (tertiary/aromatic N) is 1. The topological polar surface area (TPSA) is 94.9 Å². The lowest BCUT2D eigenvalue weighted by Crippen LogP contribution is -2.35. The molecule has 0 saturated heterocycles. The number of benzene rings is 2. The van der Waals surface area contributed by atoms with Crippen molar-refractivity contribution in [2.75, 3.05) is 0 Å². The van der Waals surface area contributed by atoms with E-state index >= 15 is 0 Å². The van der Waals surface area contributed by atoms with Crippen molar-refractivity contribution in [2.24, 2.45) is 0 Å². The Morgan fingerprint density at radius 2 is 1.27 bits per heavy atom. The van der Waals surface area contributed by atoms with Crippen molar-refractivity contribution in [3.8, 4) is 11.8 Å². The highest BCUT2D eigenvalue weighted by Gasteiger charge is 2.30. The summed E-state index contributed by atoms with van der Waals surface area (Å²) in [6.45, 7) is -0.170. The predicted octanol–water partition coefficient (Wildman–Crippen LogP) is 5.88. The summed E-state index contributed by atoms with van der Waals surface area (Å²) in [6, 6.07) is 11.3. The Labute approximate surface area is 214 Å². The van der Waals surface area contributed by atoms with Crippen LogP contribution in [0.3, 0.4) is 0 Å². The molecule has 9 heteroatoms. The second-order valence-electron chi connectivity index (χ2n) is 8.67. The van der Waals surface area contributed by atoms with Gasteiger partial charge in [0.25, 0.3) is 0 Å². The summed E-state index contributed by atoms with van der Waals surface area (Å²) in [6.07, 6.45) is 2.17. The summed E-state index contributed by atoms with van der Waals surface area (Å²) in [5.74, 6) is 2.63. The minimum Gasteiger partial charge on any atom is -0.481 e. The highest BCUT2D eigenvalue weighted by molar-refractivity contribution is 6.31. The minimum absolute atomic E-state index is 0.0215. The van der Waals surface area contributed by atoms with E-state index in [4.69, 9.17) is 10.2 Å². The second kappa shape index (κ2) is 14.7. The number of amides is 1. The van der Waals surface area contributed by atoms with Crippen molar-refractivity contribution in [1.29, 1.82) is 0 Å². The zero-order valence-corrected chi connectivity index (χ0v) is 20.4. The van der Waals surface area contributed by atoms with E-state index in [2.05, 4.69) is 11.8 Å². The second-order valence-corrected chi connectivity index (χ2v) is 8.67. The fourth-order valence-corrected chi connectivity index (χ4v) is 3.63. The molecule has 0 unspecified atom stereocenters. The van der Waals surface area contributed by atoms with Gasteiger partial charge in [-0.1, -0.05) is 61.8 Å². The summed E-state index contributed by atoms with van der Waals surface area (Å²) in [5.41, 5.74) is 0.994. The van der Waals surface area contributed by atoms with Gasteiger partial charge in [0.2, 0.25) is 0 Å². The van der Waals surface area contributed by atoms with Gasteiger partial charge in [0.05, 0.1) is 5.56 Å². The average Bonchev–Trinajstić information content (AvgIpc) is 2.84. The molecule has 6 nitrogen and oxygen atoms in total. The molecule has 198 valence electrons. The number of hydrogen-bond donors (Lipinski definition) is 2. The standard InChI is InChI=1S/C28H30F3NO5/c29-28(30,31)24-17-15-23(16-18-24)20-32(26(35)27(36)37)19-22-13-11-21(12-14-22)9-7-5-3-1-2-4-6-8-10-25(33)34/h11-18H,1-6,8,10,19-20H2,(H,33,34)(H,36,37). The lowest BCUT2D eigenvalue weighted by Gasteiger charge is -2.21. The van der Waals surface area contributed by atoms with Gasteiger partial charge >= 0.3 is 24.0 Å². The first-order valence-electron chi connectivity index (χ1n) is 12.0. The van der Waals surface area contributed by atoms with Gasteiger partial charge in [0, 0.05) is 31.5 Å². The van der Waals surface area contributed by atoms with E-state index in [1.54, 1.807) is 24.3 Å². The van der Waals surface area contributed by atoms with Crippen molar-refractivity contribution in [2.45, 2.75) is 70.6 Å². The minimum atomic E-state index is -4.48. The van der Waals surface area contributed by atoms with Crippen LogP contribution in [0.25, 0.3) is 0 Å². The van der Waals surface area contributed by atoms with Crippen molar-refractivity contribution in [1.82, 2.24) is 4.90 Å². The molecule has 0 heterocycles. The summed E-state index contributed by atoms with van der Waals surface area (Å²) < 4.78 is 38.3. The Bertz CT molecular complexity index is 1100. The summed E-state index contributed by atoms with van der Waals surface area (Å²) >= 11 is 0. The molecule has 2 rings (SSSR count). The molecule has 0 radical (unpaired) electrons. The Balaban J connectivity index is 1.86. The summed E-state index contributed by atoms with van der Waals surface area (Å²) in [7, 11) is 0. The molecule has 0 aliphatic carbocycles. The van der Waals surface area contributed by atoms with E-state index in [1.807, 2.05) is 0 Å². The summed E-state index contributed by atoms with van der Waals surface area (Å²) in [4.78, 5) is 35.0. The average molecular weight is 518 g/mol. The van der Waals surface area contributed by atoms with Crippen LogP contribution in [0.4, 0.5) is 13.2 Å². The van der Waals surface area contributed by atoms with E-state index in [0.29, 0.717) is 17.5 Å². The molecule has 0 atom stereocenters. The van der Waals surface area contributed by atoms with Crippen LogP contribution in [-0.2, 0) is 33.6 Å². The summed E-state index contributed by atoms with van der Waals surface area (Å²) in [5, 5.41) is 17.8. The van der Waals surface area contributed by atoms with Crippen LogP contribution in [0.2, 0.25) is 0 Å². The Morgan fingerprint density at radius 1 is 0.757 bits per heavy atom. The number of unbranched alkanes of at least 4 members (excludes halogenated alkanes) is 6. The highest BCUT2D eigenvalue weighted by atomic mass is 19.4. The molecular formula is C28H30F3NO5. The van der Waals surface area contributed by atoms with Crippen LogP contribution in [0.5, 0.6) is 0 Å². The zero-order chi connectivity index (χ0) is 27.3. The van der Waals surface area contributed by atoms with Gasteiger partial charge in [-0.15, -0.1) is 0 Å². The first-order chi connectivity index (χ1) is 17.6. The quantitative estimate of drug-likeness (QED) is 0.208. The molecule has 0 aliphatic rings. The Kier molecular flexibility index (Phi) is 11.7. The molecule has 2 aromatic carbocycles.